The molecule has 0 saturated carbocycles. The molecule has 0 saturated heterocycles. The van der Waals surface area contributed by atoms with Crippen molar-refractivity contribution in [3.63, 3.8) is 0 Å². The van der Waals surface area contributed by atoms with E-state index in [4.69, 9.17) is 18.6 Å². The van der Waals surface area contributed by atoms with Crippen LogP contribution >= 0.6 is 0 Å². The molecule has 2 aromatic carbocycles. The van der Waals surface area contributed by atoms with E-state index in [9.17, 15) is 4.79 Å². The van der Waals surface area contributed by atoms with Crippen molar-refractivity contribution in [2.75, 3.05) is 21.3 Å². The van der Waals surface area contributed by atoms with Gasteiger partial charge in [0.05, 0.1) is 26.7 Å². The van der Waals surface area contributed by atoms with Crippen molar-refractivity contribution in [1.29, 1.82) is 0 Å². The van der Waals surface area contributed by atoms with Crippen molar-refractivity contribution in [3.05, 3.63) is 52.9 Å². The Morgan fingerprint density at radius 1 is 0.826 bits per heavy atom. The number of rotatable bonds is 4. The highest BCUT2D eigenvalue weighted by molar-refractivity contribution is 5.87. The highest BCUT2D eigenvalue weighted by Gasteiger charge is 2.12. The second-order valence-electron chi connectivity index (χ2n) is 4.92. The number of methoxy groups -OCH3 is 3. The first-order valence-corrected chi connectivity index (χ1v) is 7.00. The maximum absolute atomic E-state index is 12.3. The van der Waals surface area contributed by atoms with Crippen LogP contribution in [0.1, 0.15) is 0 Å². The summed E-state index contributed by atoms with van der Waals surface area (Å²) in [6.07, 6.45) is 0. The lowest BCUT2D eigenvalue weighted by molar-refractivity contribution is 0.355. The fraction of sp³-hybridized carbons (Fsp3) is 0.167. The monoisotopic (exact) mass is 312 g/mol. The molecular formula is C18H16O5. The summed E-state index contributed by atoms with van der Waals surface area (Å²) in [5.74, 6) is 2.27. The number of fused-ring (bicyclic) bond motifs is 1. The summed E-state index contributed by atoms with van der Waals surface area (Å²) in [5, 5.41) is 1.17. The van der Waals surface area contributed by atoms with E-state index in [-0.39, 0.29) is 0 Å². The first-order chi connectivity index (χ1) is 11.2. The van der Waals surface area contributed by atoms with E-state index in [1.165, 1.54) is 7.11 Å². The van der Waals surface area contributed by atoms with Crippen LogP contribution in [0.25, 0.3) is 22.1 Å². The van der Waals surface area contributed by atoms with Gasteiger partial charge in [-0.3, -0.25) is 0 Å². The van der Waals surface area contributed by atoms with Crippen molar-refractivity contribution < 1.29 is 18.6 Å². The Labute approximate surface area is 133 Å². The van der Waals surface area contributed by atoms with Crippen molar-refractivity contribution in [1.82, 2.24) is 0 Å². The van der Waals surface area contributed by atoms with Gasteiger partial charge in [-0.05, 0) is 47.9 Å². The normalized spacial score (nSPS) is 10.6. The van der Waals surface area contributed by atoms with Crippen LogP contribution in [-0.2, 0) is 0 Å². The molecule has 5 nitrogen and oxygen atoms in total. The van der Waals surface area contributed by atoms with Crippen LogP contribution in [0, 0.1) is 0 Å². The minimum absolute atomic E-state index is 0.422. The van der Waals surface area contributed by atoms with Gasteiger partial charge in [-0.2, -0.15) is 0 Å². The Bertz CT molecular complexity index is 894. The molecule has 0 atom stereocenters. The molecule has 0 radical (unpaired) electrons. The molecule has 0 unspecified atom stereocenters. The van der Waals surface area contributed by atoms with E-state index >= 15 is 0 Å². The van der Waals surface area contributed by atoms with E-state index in [0.29, 0.717) is 22.6 Å². The van der Waals surface area contributed by atoms with Gasteiger partial charge in [-0.15, -0.1) is 0 Å². The van der Waals surface area contributed by atoms with Crippen molar-refractivity contribution >= 4 is 10.8 Å². The minimum Gasteiger partial charge on any atom is -0.497 e. The molecule has 0 N–H and O–H groups in total. The summed E-state index contributed by atoms with van der Waals surface area (Å²) in [6.45, 7) is 0. The Balaban J connectivity index is 2.18. The van der Waals surface area contributed by atoms with Crippen LogP contribution < -0.4 is 19.8 Å². The van der Waals surface area contributed by atoms with Crippen LogP contribution in [0.5, 0.6) is 17.2 Å². The quantitative estimate of drug-likeness (QED) is 0.738. The molecule has 0 aliphatic rings. The molecule has 3 aromatic rings. The van der Waals surface area contributed by atoms with Crippen LogP contribution in [-0.4, -0.2) is 21.3 Å². The summed E-state index contributed by atoms with van der Waals surface area (Å²) < 4.78 is 21.1. The van der Waals surface area contributed by atoms with E-state index < -0.39 is 5.63 Å². The smallest absolute Gasteiger partial charge is 0.344 e. The molecule has 118 valence electrons. The minimum atomic E-state index is -0.422. The molecule has 0 amide bonds. The van der Waals surface area contributed by atoms with Gasteiger partial charge in [0.2, 0.25) is 0 Å². The fourth-order valence-corrected chi connectivity index (χ4v) is 2.41. The molecule has 1 heterocycles. The van der Waals surface area contributed by atoms with Crippen LogP contribution in [0.3, 0.4) is 0 Å². The Morgan fingerprint density at radius 2 is 1.48 bits per heavy atom. The lowest BCUT2D eigenvalue weighted by Gasteiger charge is -2.09. The maximum Gasteiger partial charge on any atom is 0.344 e. The summed E-state index contributed by atoms with van der Waals surface area (Å²) in [4.78, 5) is 12.3. The van der Waals surface area contributed by atoms with E-state index in [2.05, 4.69) is 0 Å². The molecular weight excluding hydrogens is 296 g/mol. The molecule has 0 aliphatic carbocycles. The largest absolute Gasteiger partial charge is 0.497 e. The fourth-order valence-electron chi connectivity index (χ4n) is 2.41. The van der Waals surface area contributed by atoms with Crippen LogP contribution in [0.15, 0.2) is 51.7 Å². The van der Waals surface area contributed by atoms with Gasteiger partial charge in [0.1, 0.15) is 11.5 Å². The second-order valence-corrected chi connectivity index (χ2v) is 4.92. The summed E-state index contributed by atoms with van der Waals surface area (Å²) >= 11 is 0. The zero-order valence-electron chi connectivity index (χ0n) is 13.1. The number of benzene rings is 2. The maximum atomic E-state index is 12.3. The highest BCUT2D eigenvalue weighted by Crippen LogP contribution is 2.32. The average molecular weight is 312 g/mol. The van der Waals surface area contributed by atoms with Crippen LogP contribution in [0.2, 0.25) is 0 Å². The lowest BCUT2D eigenvalue weighted by Crippen LogP contribution is -2.02. The lowest BCUT2D eigenvalue weighted by atomic mass is 10.1. The predicted octanol–water partition coefficient (Wildman–Crippen LogP) is 3.49. The number of hydrogen-bond acceptors (Lipinski definition) is 5. The van der Waals surface area contributed by atoms with Gasteiger partial charge in [-0.25, -0.2) is 4.79 Å². The van der Waals surface area contributed by atoms with Crippen molar-refractivity contribution in [3.8, 4) is 28.6 Å². The van der Waals surface area contributed by atoms with E-state index in [0.717, 1.165) is 16.7 Å². The third kappa shape index (κ3) is 2.73. The molecule has 0 bridgehead atoms. The number of ether oxygens (including phenoxy) is 3. The van der Waals surface area contributed by atoms with E-state index in [1.807, 2.05) is 24.3 Å². The van der Waals surface area contributed by atoms with Gasteiger partial charge in [-0.1, -0.05) is 0 Å². The molecule has 3 rings (SSSR count). The third-order valence-electron chi connectivity index (χ3n) is 3.64. The zero-order chi connectivity index (χ0) is 16.4. The second kappa shape index (κ2) is 6.04. The SMILES string of the molecule is COc1ccc(-c2cc3cc(OC)c(OC)cc3c(=O)o2)cc1. The Morgan fingerprint density at radius 3 is 2.09 bits per heavy atom. The molecule has 5 heteroatoms. The molecule has 23 heavy (non-hydrogen) atoms. The van der Waals surface area contributed by atoms with Crippen molar-refractivity contribution in [2.45, 2.75) is 0 Å². The average Bonchev–Trinajstić information content (AvgIpc) is 2.60. The van der Waals surface area contributed by atoms with Crippen LogP contribution in [0.4, 0.5) is 0 Å². The third-order valence-corrected chi connectivity index (χ3v) is 3.64. The summed E-state index contributed by atoms with van der Waals surface area (Å²) in [6, 6.07) is 12.5. The Kier molecular flexibility index (Phi) is 3.93. The molecule has 0 aliphatic heterocycles. The predicted molar refractivity (Wildman–Crippen MR) is 87.6 cm³/mol. The van der Waals surface area contributed by atoms with Gasteiger partial charge in [0, 0.05) is 5.56 Å². The topological polar surface area (TPSA) is 57.9 Å². The van der Waals surface area contributed by atoms with Gasteiger partial charge < -0.3 is 18.6 Å². The first-order valence-electron chi connectivity index (χ1n) is 7.00. The van der Waals surface area contributed by atoms with E-state index in [1.54, 1.807) is 32.4 Å². The van der Waals surface area contributed by atoms with Crippen molar-refractivity contribution in [2.24, 2.45) is 0 Å². The number of hydrogen-bond donors (Lipinski definition) is 0. The molecule has 1 aromatic heterocycles. The summed E-state index contributed by atoms with van der Waals surface area (Å²) in [7, 11) is 4.68. The van der Waals surface area contributed by atoms with Gasteiger partial charge >= 0.3 is 5.63 Å². The standard InChI is InChI=1S/C18H16O5/c1-20-13-6-4-11(5-7-13)15-8-12-9-16(21-2)17(22-3)10-14(12)18(19)23-15/h4-10H,1-3H3. The zero-order valence-corrected chi connectivity index (χ0v) is 13.1. The van der Waals surface area contributed by atoms with Gasteiger partial charge in [0.15, 0.2) is 11.5 Å². The molecule has 0 fully saturated rings. The highest BCUT2D eigenvalue weighted by atomic mass is 16.5. The van der Waals surface area contributed by atoms with Gasteiger partial charge in [0.25, 0.3) is 0 Å². The summed E-state index contributed by atoms with van der Waals surface area (Å²) in [5.41, 5.74) is 0.369. The molecule has 0 spiro atoms. The Hall–Kier alpha value is -2.95. The first kappa shape index (κ1) is 15.0.